The summed E-state index contributed by atoms with van der Waals surface area (Å²) in [5, 5.41) is 10.2. The number of nitrogens with one attached hydrogen (secondary N) is 1. The second-order valence-electron chi connectivity index (χ2n) is 5.32. The Kier molecular flexibility index (Phi) is 3.04. The molecule has 0 aliphatic rings. The zero-order chi connectivity index (χ0) is 14.9. The molecule has 2 heterocycles. The van der Waals surface area contributed by atoms with E-state index in [-0.39, 0.29) is 0 Å². The van der Waals surface area contributed by atoms with Gasteiger partial charge in [0.05, 0.1) is 6.54 Å². The van der Waals surface area contributed by atoms with Gasteiger partial charge in [-0.2, -0.15) is 0 Å². The summed E-state index contributed by atoms with van der Waals surface area (Å²) in [7, 11) is 0. The molecule has 0 amide bonds. The number of aromatic nitrogens is 4. The van der Waals surface area contributed by atoms with Crippen LogP contribution in [0.25, 0.3) is 21.8 Å². The summed E-state index contributed by atoms with van der Waals surface area (Å²) in [6.07, 6.45) is 3.31. The molecule has 4 aromatic rings. The highest BCUT2D eigenvalue weighted by atomic mass is 15.5. The average Bonchev–Trinajstić information content (AvgIpc) is 3.18. The summed E-state index contributed by atoms with van der Waals surface area (Å²) in [6.45, 7) is 3.90. The van der Waals surface area contributed by atoms with E-state index in [9.17, 15) is 0 Å². The SMILES string of the molecule is CCn1c2ccccc2c2cc(CNn3cnnc3)ccc21. The minimum atomic E-state index is 0.736. The number of para-hydroxylation sites is 1. The van der Waals surface area contributed by atoms with Gasteiger partial charge in [0.15, 0.2) is 0 Å². The van der Waals surface area contributed by atoms with Crippen LogP contribution < -0.4 is 5.43 Å². The fraction of sp³-hybridized carbons (Fsp3) is 0.176. The first-order valence-corrected chi connectivity index (χ1v) is 7.45. The zero-order valence-electron chi connectivity index (χ0n) is 12.4. The van der Waals surface area contributed by atoms with Crippen molar-refractivity contribution in [3.05, 3.63) is 60.7 Å². The van der Waals surface area contributed by atoms with Gasteiger partial charge in [-0.3, -0.25) is 0 Å². The lowest BCUT2D eigenvalue weighted by atomic mass is 10.1. The Labute approximate surface area is 128 Å². The van der Waals surface area contributed by atoms with Crippen molar-refractivity contribution in [2.45, 2.75) is 20.0 Å². The molecule has 0 aliphatic heterocycles. The van der Waals surface area contributed by atoms with E-state index in [0.717, 1.165) is 13.1 Å². The molecule has 0 saturated heterocycles. The smallest absolute Gasteiger partial charge is 0.138 e. The normalized spacial score (nSPS) is 11.3. The van der Waals surface area contributed by atoms with Crippen molar-refractivity contribution in [2.75, 3.05) is 5.43 Å². The van der Waals surface area contributed by atoms with Crippen molar-refractivity contribution in [3.8, 4) is 0 Å². The van der Waals surface area contributed by atoms with Gasteiger partial charge in [-0.05, 0) is 30.7 Å². The van der Waals surface area contributed by atoms with Gasteiger partial charge in [0.25, 0.3) is 0 Å². The van der Waals surface area contributed by atoms with Crippen LogP contribution in [-0.4, -0.2) is 19.4 Å². The number of aryl methyl sites for hydroxylation is 1. The van der Waals surface area contributed by atoms with Gasteiger partial charge < -0.3 is 9.99 Å². The minimum Gasteiger partial charge on any atom is -0.341 e. The number of hydrogen-bond acceptors (Lipinski definition) is 3. The van der Waals surface area contributed by atoms with Crippen molar-refractivity contribution in [1.29, 1.82) is 0 Å². The van der Waals surface area contributed by atoms with Crippen LogP contribution in [0.4, 0.5) is 0 Å². The molecule has 4 rings (SSSR count). The summed E-state index contributed by atoms with van der Waals surface area (Å²) >= 11 is 0. The Morgan fingerprint density at radius 2 is 1.73 bits per heavy atom. The quantitative estimate of drug-likeness (QED) is 0.628. The maximum absolute atomic E-state index is 3.79. The Bertz CT molecular complexity index is 921. The molecule has 1 N–H and O–H groups in total. The molecular weight excluding hydrogens is 274 g/mol. The average molecular weight is 291 g/mol. The van der Waals surface area contributed by atoms with E-state index in [1.54, 1.807) is 17.3 Å². The molecule has 0 aliphatic carbocycles. The highest BCUT2D eigenvalue weighted by Gasteiger charge is 2.09. The van der Waals surface area contributed by atoms with Crippen LogP contribution in [-0.2, 0) is 13.1 Å². The molecule has 0 fully saturated rings. The van der Waals surface area contributed by atoms with Crippen molar-refractivity contribution in [1.82, 2.24) is 19.4 Å². The molecule has 0 unspecified atom stereocenters. The van der Waals surface area contributed by atoms with Crippen LogP contribution in [0.15, 0.2) is 55.1 Å². The molecule has 0 atom stereocenters. The van der Waals surface area contributed by atoms with Crippen LogP contribution >= 0.6 is 0 Å². The monoisotopic (exact) mass is 291 g/mol. The van der Waals surface area contributed by atoms with Crippen molar-refractivity contribution >= 4 is 21.8 Å². The number of hydrogen-bond donors (Lipinski definition) is 1. The third-order valence-electron chi connectivity index (χ3n) is 4.04. The van der Waals surface area contributed by atoms with Gasteiger partial charge in [-0.25, -0.2) is 4.68 Å². The van der Waals surface area contributed by atoms with E-state index in [1.807, 2.05) is 0 Å². The Balaban J connectivity index is 1.78. The minimum absolute atomic E-state index is 0.736. The first-order valence-electron chi connectivity index (χ1n) is 7.45. The number of rotatable bonds is 4. The summed E-state index contributed by atoms with van der Waals surface area (Å²) in [4.78, 5) is 0. The largest absolute Gasteiger partial charge is 0.341 e. The van der Waals surface area contributed by atoms with E-state index >= 15 is 0 Å². The molecular formula is C17H17N5. The van der Waals surface area contributed by atoms with E-state index in [0.29, 0.717) is 0 Å². The topological polar surface area (TPSA) is 47.7 Å². The highest BCUT2D eigenvalue weighted by Crippen LogP contribution is 2.29. The molecule has 0 radical (unpaired) electrons. The van der Waals surface area contributed by atoms with Crippen LogP contribution in [0.1, 0.15) is 12.5 Å². The fourth-order valence-electron chi connectivity index (χ4n) is 3.02. The number of fused-ring (bicyclic) bond motifs is 3. The lowest BCUT2D eigenvalue weighted by Gasteiger charge is -2.07. The van der Waals surface area contributed by atoms with Crippen LogP contribution in [0.3, 0.4) is 0 Å². The van der Waals surface area contributed by atoms with E-state index in [1.165, 1.54) is 27.4 Å². The lowest BCUT2D eigenvalue weighted by Crippen LogP contribution is -2.11. The number of nitrogens with zero attached hydrogens (tertiary/aromatic N) is 4. The molecule has 5 heteroatoms. The molecule has 0 spiro atoms. The van der Waals surface area contributed by atoms with Gasteiger partial charge in [-0.15, -0.1) is 10.2 Å². The van der Waals surface area contributed by atoms with Gasteiger partial charge in [0.1, 0.15) is 12.7 Å². The van der Waals surface area contributed by atoms with Crippen molar-refractivity contribution in [2.24, 2.45) is 0 Å². The Morgan fingerprint density at radius 3 is 2.55 bits per heavy atom. The Morgan fingerprint density at radius 1 is 0.955 bits per heavy atom. The molecule has 0 bridgehead atoms. The maximum Gasteiger partial charge on any atom is 0.138 e. The molecule has 22 heavy (non-hydrogen) atoms. The summed E-state index contributed by atoms with van der Waals surface area (Å²) in [5.74, 6) is 0. The van der Waals surface area contributed by atoms with Gasteiger partial charge in [-0.1, -0.05) is 24.3 Å². The first-order chi connectivity index (χ1) is 10.9. The van der Waals surface area contributed by atoms with Crippen molar-refractivity contribution in [3.63, 3.8) is 0 Å². The second-order valence-corrected chi connectivity index (χ2v) is 5.32. The van der Waals surface area contributed by atoms with E-state index < -0.39 is 0 Å². The third kappa shape index (κ3) is 2.02. The third-order valence-corrected chi connectivity index (χ3v) is 4.04. The predicted molar refractivity (Wildman–Crippen MR) is 88.2 cm³/mol. The van der Waals surface area contributed by atoms with Crippen LogP contribution in [0.5, 0.6) is 0 Å². The summed E-state index contributed by atoms with van der Waals surface area (Å²) in [6, 6.07) is 15.2. The van der Waals surface area contributed by atoms with Crippen LogP contribution in [0, 0.1) is 0 Å². The van der Waals surface area contributed by atoms with Gasteiger partial charge in [0.2, 0.25) is 0 Å². The highest BCUT2D eigenvalue weighted by molar-refractivity contribution is 6.08. The molecule has 2 aromatic carbocycles. The van der Waals surface area contributed by atoms with Crippen molar-refractivity contribution < 1.29 is 0 Å². The predicted octanol–water partition coefficient (Wildman–Crippen LogP) is 3.15. The molecule has 110 valence electrons. The first kappa shape index (κ1) is 12.9. The molecule has 2 aromatic heterocycles. The number of benzene rings is 2. The van der Waals surface area contributed by atoms with E-state index in [2.05, 4.69) is 69.6 Å². The molecule has 5 nitrogen and oxygen atoms in total. The second kappa shape index (κ2) is 5.18. The van der Waals surface area contributed by atoms with Crippen LogP contribution in [0.2, 0.25) is 0 Å². The molecule has 0 saturated carbocycles. The standard InChI is InChI=1S/C17H17N5/c1-2-22-16-6-4-3-5-14(16)15-9-13(7-8-17(15)22)10-20-21-11-18-19-12-21/h3-9,11-12,20H,2,10H2,1H3. The fourth-order valence-corrected chi connectivity index (χ4v) is 3.02. The van der Waals surface area contributed by atoms with E-state index in [4.69, 9.17) is 0 Å². The zero-order valence-corrected chi connectivity index (χ0v) is 12.4. The lowest BCUT2D eigenvalue weighted by molar-refractivity contribution is 0.825. The van der Waals surface area contributed by atoms with Gasteiger partial charge in [0, 0.05) is 28.4 Å². The Hall–Kier alpha value is -2.82. The summed E-state index contributed by atoms with van der Waals surface area (Å²) < 4.78 is 4.13. The van der Waals surface area contributed by atoms with Gasteiger partial charge >= 0.3 is 0 Å². The maximum atomic E-state index is 3.79. The summed E-state index contributed by atoms with van der Waals surface area (Å²) in [5.41, 5.74) is 7.08.